The second-order valence-corrected chi connectivity index (χ2v) is 7.25. The Morgan fingerprint density at radius 1 is 0.864 bits per heavy atom. The zero-order valence-electron chi connectivity index (χ0n) is 14.3. The van der Waals surface area contributed by atoms with E-state index in [1.54, 1.807) is 0 Å². The van der Waals surface area contributed by atoms with E-state index in [1.165, 1.54) is 16.7 Å². The van der Waals surface area contributed by atoms with E-state index in [0.717, 1.165) is 12.8 Å². The van der Waals surface area contributed by atoms with Crippen LogP contribution in [0.2, 0.25) is 0 Å². The van der Waals surface area contributed by atoms with Crippen LogP contribution in [0, 0.1) is 5.92 Å². The highest BCUT2D eigenvalue weighted by Gasteiger charge is 2.12. The fraction of sp³-hybridized carbons (Fsp3) is 0.364. The lowest BCUT2D eigenvalue weighted by Gasteiger charge is -2.19. The predicted octanol–water partition coefficient (Wildman–Crippen LogP) is 5.96. The van der Waals surface area contributed by atoms with Crippen molar-refractivity contribution in [3.8, 4) is 0 Å². The van der Waals surface area contributed by atoms with Crippen LogP contribution in [0.5, 0.6) is 0 Å². The lowest BCUT2D eigenvalue weighted by atomic mass is 9.86. The van der Waals surface area contributed by atoms with Gasteiger partial charge in [-0.1, -0.05) is 94.4 Å². The van der Waals surface area contributed by atoms with Gasteiger partial charge in [-0.2, -0.15) is 0 Å². The zero-order valence-corrected chi connectivity index (χ0v) is 14.3. The molecule has 0 aliphatic heterocycles. The van der Waals surface area contributed by atoms with Crippen molar-refractivity contribution in [2.24, 2.45) is 5.92 Å². The monoisotopic (exact) mass is 292 g/mol. The van der Waals surface area contributed by atoms with Gasteiger partial charge in [0.25, 0.3) is 0 Å². The zero-order chi connectivity index (χ0) is 16.0. The average molecular weight is 292 g/mol. The molecule has 0 saturated heterocycles. The highest BCUT2D eigenvalue weighted by molar-refractivity contribution is 5.28. The summed E-state index contributed by atoms with van der Waals surface area (Å²) in [6, 6.07) is 19.7. The normalized spacial score (nSPS) is 13.5. The van der Waals surface area contributed by atoms with Gasteiger partial charge < -0.3 is 0 Å². The van der Waals surface area contributed by atoms with Crippen LogP contribution in [0.15, 0.2) is 66.7 Å². The summed E-state index contributed by atoms with van der Waals surface area (Å²) in [6.07, 6.45) is 6.76. The molecule has 0 aliphatic carbocycles. The maximum absolute atomic E-state index is 2.34. The first-order valence-electron chi connectivity index (χ1n) is 8.25. The van der Waals surface area contributed by atoms with Crippen molar-refractivity contribution < 1.29 is 0 Å². The summed E-state index contributed by atoms with van der Waals surface area (Å²) < 4.78 is 0. The van der Waals surface area contributed by atoms with E-state index in [0.29, 0.717) is 5.92 Å². The van der Waals surface area contributed by atoms with E-state index in [1.807, 2.05) is 0 Å². The molecule has 0 heteroatoms. The predicted molar refractivity (Wildman–Crippen MR) is 97.3 cm³/mol. The van der Waals surface area contributed by atoms with Crippen LogP contribution >= 0.6 is 0 Å². The maximum Gasteiger partial charge on any atom is -0.00974 e. The van der Waals surface area contributed by atoms with Gasteiger partial charge in [0.15, 0.2) is 0 Å². The minimum absolute atomic E-state index is 0.236. The van der Waals surface area contributed by atoms with E-state index in [-0.39, 0.29) is 5.41 Å². The highest BCUT2D eigenvalue weighted by Crippen LogP contribution is 2.23. The van der Waals surface area contributed by atoms with Crippen molar-refractivity contribution in [1.82, 2.24) is 0 Å². The molecule has 2 aromatic rings. The Balaban J connectivity index is 1.88. The van der Waals surface area contributed by atoms with Gasteiger partial charge in [-0.25, -0.2) is 0 Å². The number of benzene rings is 2. The van der Waals surface area contributed by atoms with Gasteiger partial charge in [-0.05, 0) is 40.9 Å². The van der Waals surface area contributed by atoms with Crippen molar-refractivity contribution in [3.05, 3.63) is 83.4 Å². The van der Waals surface area contributed by atoms with Crippen molar-refractivity contribution in [1.29, 1.82) is 0 Å². The lowest BCUT2D eigenvalue weighted by Crippen LogP contribution is -2.10. The van der Waals surface area contributed by atoms with Crippen molar-refractivity contribution in [3.63, 3.8) is 0 Å². The molecule has 1 unspecified atom stereocenters. The van der Waals surface area contributed by atoms with Gasteiger partial charge in [-0.15, -0.1) is 0 Å². The van der Waals surface area contributed by atoms with Crippen molar-refractivity contribution in [2.45, 2.75) is 46.0 Å². The average Bonchev–Trinajstić information content (AvgIpc) is 2.48. The molecular formula is C22H28. The third-order valence-corrected chi connectivity index (χ3v) is 4.04. The summed E-state index contributed by atoms with van der Waals surface area (Å²) in [5.41, 5.74) is 4.44. The smallest absolute Gasteiger partial charge is 0.00974 e. The molecule has 0 spiro atoms. The van der Waals surface area contributed by atoms with Crippen LogP contribution < -0.4 is 0 Å². The summed E-state index contributed by atoms with van der Waals surface area (Å²) in [5.74, 6) is 0.573. The number of rotatable bonds is 5. The van der Waals surface area contributed by atoms with Gasteiger partial charge in [0.2, 0.25) is 0 Å². The Labute approximate surface area is 135 Å². The highest BCUT2D eigenvalue weighted by atomic mass is 14.2. The molecule has 0 nitrogen and oxygen atoms in total. The molecule has 0 radical (unpaired) electrons. The lowest BCUT2D eigenvalue weighted by molar-refractivity contribution is 0.589. The van der Waals surface area contributed by atoms with Gasteiger partial charge >= 0.3 is 0 Å². The fourth-order valence-corrected chi connectivity index (χ4v) is 2.63. The molecule has 0 saturated carbocycles. The molecule has 0 amide bonds. The van der Waals surface area contributed by atoms with Crippen molar-refractivity contribution >= 4 is 0 Å². The summed E-state index contributed by atoms with van der Waals surface area (Å²) >= 11 is 0. The first kappa shape index (κ1) is 16.5. The van der Waals surface area contributed by atoms with Crippen LogP contribution in [-0.4, -0.2) is 0 Å². The molecule has 22 heavy (non-hydrogen) atoms. The van der Waals surface area contributed by atoms with E-state index in [4.69, 9.17) is 0 Å². The molecule has 0 bridgehead atoms. The second kappa shape index (κ2) is 7.45. The number of hydrogen-bond donors (Lipinski definition) is 0. The Hall–Kier alpha value is -1.82. The third kappa shape index (κ3) is 5.18. The molecule has 2 aromatic carbocycles. The number of allylic oxidation sites excluding steroid dienone is 2. The summed E-state index contributed by atoms with van der Waals surface area (Å²) in [7, 11) is 0. The van der Waals surface area contributed by atoms with Crippen LogP contribution in [0.1, 0.15) is 44.4 Å². The van der Waals surface area contributed by atoms with Crippen LogP contribution in [0.4, 0.5) is 0 Å². The molecule has 2 rings (SSSR count). The first-order chi connectivity index (χ1) is 10.4. The van der Waals surface area contributed by atoms with Gasteiger partial charge in [0.05, 0.1) is 0 Å². The van der Waals surface area contributed by atoms with Gasteiger partial charge in [-0.3, -0.25) is 0 Å². The molecule has 0 aliphatic rings. The molecule has 0 aromatic heterocycles. The van der Waals surface area contributed by atoms with Crippen LogP contribution in [0.3, 0.4) is 0 Å². The van der Waals surface area contributed by atoms with E-state index < -0.39 is 0 Å². The van der Waals surface area contributed by atoms with Crippen LogP contribution in [0.25, 0.3) is 0 Å². The third-order valence-electron chi connectivity index (χ3n) is 4.04. The summed E-state index contributed by atoms with van der Waals surface area (Å²) in [6.45, 7) is 9.07. The minimum atomic E-state index is 0.236. The minimum Gasteiger partial charge on any atom is -0.0850 e. The Morgan fingerprint density at radius 3 is 2.09 bits per heavy atom. The quantitative estimate of drug-likeness (QED) is 0.596. The molecule has 116 valence electrons. The topological polar surface area (TPSA) is 0 Å². The molecule has 0 heterocycles. The largest absolute Gasteiger partial charge is 0.0850 e. The Bertz CT molecular complexity index is 582. The van der Waals surface area contributed by atoms with E-state index in [9.17, 15) is 0 Å². The standard InChI is InChI=1S/C22H28/c1-18(9-8-12-19-10-6-5-7-11-19)17-20-13-15-21(16-14-20)22(2,3)4/h5-11,13-16,18H,12,17H2,1-4H3/b9-8+. The molecular weight excluding hydrogens is 264 g/mol. The van der Waals surface area contributed by atoms with E-state index >= 15 is 0 Å². The summed E-state index contributed by atoms with van der Waals surface area (Å²) in [4.78, 5) is 0. The molecule has 0 N–H and O–H groups in total. The van der Waals surface area contributed by atoms with Gasteiger partial charge in [0.1, 0.15) is 0 Å². The second-order valence-electron chi connectivity index (χ2n) is 7.25. The first-order valence-corrected chi connectivity index (χ1v) is 8.25. The van der Waals surface area contributed by atoms with Gasteiger partial charge in [0, 0.05) is 0 Å². The fourth-order valence-electron chi connectivity index (χ4n) is 2.63. The SMILES string of the molecule is CC(/C=C/Cc1ccccc1)Cc1ccc(C(C)(C)C)cc1. The van der Waals surface area contributed by atoms with E-state index in [2.05, 4.69) is 94.4 Å². The van der Waals surface area contributed by atoms with Crippen molar-refractivity contribution in [2.75, 3.05) is 0 Å². The van der Waals surface area contributed by atoms with Crippen LogP contribution in [-0.2, 0) is 18.3 Å². The summed E-state index contributed by atoms with van der Waals surface area (Å²) in [5, 5.41) is 0. The molecule has 0 fully saturated rings. The maximum atomic E-state index is 2.34. The number of hydrogen-bond acceptors (Lipinski definition) is 0. The Morgan fingerprint density at radius 2 is 1.50 bits per heavy atom. The Kier molecular flexibility index (Phi) is 5.60. The molecule has 1 atom stereocenters.